The molecule has 1 aromatic rings. The number of hydrogen-bond acceptors (Lipinski definition) is 3. The highest BCUT2D eigenvalue weighted by Crippen LogP contribution is 2.10. The molecule has 1 atom stereocenters. The van der Waals surface area contributed by atoms with Crippen LogP contribution in [0.15, 0.2) is 22.8 Å². The normalized spacial score (nSPS) is 12.9. The Morgan fingerprint density at radius 2 is 2.20 bits per heavy atom. The van der Waals surface area contributed by atoms with Crippen molar-refractivity contribution in [3.8, 4) is 0 Å². The van der Waals surface area contributed by atoms with Gasteiger partial charge in [0, 0.05) is 16.4 Å². The minimum absolute atomic E-state index is 0.0482. The minimum atomic E-state index is -0.893. The zero-order chi connectivity index (χ0) is 11.4. The second kappa shape index (κ2) is 5.37. The number of rotatable bonds is 4. The minimum Gasteiger partial charge on any atom is -0.385 e. The van der Waals surface area contributed by atoms with Gasteiger partial charge in [-0.3, -0.25) is 9.78 Å². The molecule has 0 radical (unpaired) electrons. The predicted molar refractivity (Wildman–Crippen MR) is 61.5 cm³/mol. The third-order valence-corrected chi connectivity index (χ3v) is 2.57. The van der Waals surface area contributed by atoms with Crippen LogP contribution in [0.25, 0.3) is 0 Å². The number of aliphatic hydroxyl groups excluding tert-OH is 1. The van der Waals surface area contributed by atoms with Crippen molar-refractivity contribution in [3.05, 3.63) is 28.5 Å². The molecule has 1 heterocycles. The molecule has 82 valence electrons. The molecule has 1 N–H and O–H groups in total. The van der Waals surface area contributed by atoms with E-state index >= 15 is 0 Å². The van der Waals surface area contributed by atoms with Gasteiger partial charge in [0.05, 0.1) is 6.42 Å². The van der Waals surface area contributed by atoms with Crippen LogP contribution < -0.4 is 0 Å². The van der Waals surface area contributed by atoms with Crippen molar-refractivity contribution in [1.82, 2.24) is 4.98 Å². The van der Waals surface area contributed by atoms with Crippen molar-refractivity contribution >= 4 is 21.7 Å². The first-order valence-corrected chi connectivity index (χ1v) is 5.61. The first-order chi connectivity index (χ1) is 7.00. The summed E-state index contributed by atoms with van der Waals surface area (Å²) < 4.78 is 0.878. The van der Waals surface area contributed by atoms with E-state index in [1.807, 2.05) is 19.9 Å². The van der Waals surface area contributed by atoms with Gasteiger partial charge in [-0.25, -0.2) is 0 Å². The molecule has 3 nitrogen and oxygen atoms in total. The molecule has 15 heavy (non-hydrogen) atoms. The van der Waals surface area contributed by atoms with Crippen LogP contribution in [0.4, 0.5) is 0 Å². The fourth-order valence-electron chi connectivity index (χ4n) is 1.17. The molecule has 0 aliphatic carbocycles. The molecular formula is C11H14BrNO2. The average Bonchev–Trinajstić information content (AvgIpc) is 2.20. The van der Waals surface area contributed by atoms with E-state index < -0.39 is 6.10 Å². The second-order valence-corrected chi connectivity index (χ2v) is 4.72. The fraction of sp³-hybridized carbons (Fsp3) is 0.455. The van der Waals surface area contributed by atoms with E-state index in [1.165, 1.54) is 0 Å². The maximum absolute atomic E-state index is 11.5. The van der Waals surface area contributed by atoms with Crippen LogP contribution in [0.5, 0.6) is 0 Å². The maximum atomic E-state index is 11.5. The molecule has 1 aromatic heterocycles. The van der Waals surface area contributed by atoms with Crippen LogP contribution in [0.2, 0.25) is 0 Å². The third-order valence-electron chi connectivity index (χ3n) is 2.11. The van der Waals surface area contributed by atoms with E-state index in [-0.39, 0.29) is 18.1 Å². The van der Waals surface area contributed by atoms with Gasteiger partial charge in [-0.05, 0) is 34.0 Å². The molecule has 1 unspecified atom stereocenters. The van der Waals surface area contributed by atoms with Crippen LogP contribution in [0, 0.1) is 5.92 Å². The van der Waals surface area contributed by atoms with Crippen LogP contribution >= 0.6 is 15.9 Å². The maximum Gasteiger partial charge on any atom is 0.167 e. The highest BCUT2D eigenvalue weighted by Gasteiger charge is 2.19. The first kappa shape index (κ1) is 12.3. The molecule has 0 bridgehead atoms. The van der Waals surface area contributed by atoms with E-state index in [0.29, 0.717) is 5.69 Å². The lowest BCUT2D eigenvalue weighted by atomic mass is 10.00. The van der Waals surface area contributed by atoms with E-state index in [2.05, 4.69) is 20.9 Å². The number of carbonyl (C=O) groups is 1. The van der Waals surface area contributed by atoms with Crippen LogP contribution in [-0.2, 0) is 11.2 Å². The van der Waals surface area contributed by atoms with Crippen molar-refractivity contribution in [2.24, 2.45) is 5.92 Å². The Hall–Kier alpha value is -0.740. The average molecular weight is 272 g/mol. The zero-order valence-electron chi connectivity index (χ0n) is 8.77. The van der Waals surface area contributed by atoms with E-state index in [4.69, 9.17) is 0 Å². The topological polar surface area (TPSA) is 50.2 Å². The first-order valence-electron chi connectivity index (χ1n) is 4.82. The summed E-state index contributed by atoms with van der Waals surface area (Å²) in [6, 6.07) is 3.60. The van der Waals surface area contributed by atoms with Crippen molar-refractivity contribution in [2.75, 3.05) is 0 Å². The standard InChI is InChI=1S/C11H14BrNO2/c1-7(2)11(15)10(14)5-9-4-3-8(12)6-13-9/h3-4,6-7,11,15H,5H2,1-2H3. The number of halogens is 1. The number of hydrogen-bond donors (Lipinski definition) is 1. The lowest BCUT2D eigenvalue weighted by molar-refractivity contribution is -0.128. The van der Waals surface area contributed by atoms with Crippen LogP contribution in [-0.4, -0.2) is 22.0 Å². The lowest BCUT2D eigenvalue weighted by Gasteiger charge is -2.12. The number of ketones is 1. The summed E-state index contributed by atoms with van der Waals surface area (Å²) in [5.74, 6) is -0.229. The zero-order valence-corrected chi connectivity index (χ0v) is 10.4. The molecule has 0 aliphatic rings. The van der Waals surface area contributed by atoms with Gasteiger partial charge in [-0.1, -0.05) is 13.8 Å². The Bertz CT molecular complexity index is 335. The molecule has 0 aromatic carbocycles. The molecule has 4 heteroatoms. The SMILES string of the molecule is CC(C)C(O)C(=O)Cc1ccc(Br)cn1. The van der Waals surface area contributed by atoms with Crippen molar-refractivity contribution in [2.45, 2.75) is 26.4 Å². The van der Waals surface area contributed by atoms with Gasteiger partial charge in [0.15, 0.2) is 5.78 Å². The Labute approximate surface area is 97.7 Å². The number of Topliss-reactive ketones (excluding diaryl/α,β-unsaturated/α-hetero) is 1. The third kappa shape index (κ3) is 3.72. The fourth-order valence-corrected chi connectivity index (χ4v) is 1.40. The summed E-state index contributed by atoms with van der Waals surface area (Å²) in [7, 11) is 0. The Balaban J connectivity index is 2.62. The largest absolute Gasteiger partial charge is 0.385 e. The molecule has 0 amide bonds. The van der Waals surface area contributed by atoms with Gasteiger partial charge in [-0.15, -0.1) is 0 Å². The number of aromatic nitrogens is 1. The molecule has 1 rings (SSSR count). The predicted octanol–water partition coefficient (Wildman–Crippen LogP) is 1.97. The van der Waals surface area contributed by atoms with E-state index in [9.17, 15) is 9.90 Å². The van der Waals surface area contributed by atoms with Crippen LogP contribution in [0.1, 0.15) is 19.5 Å². The van der Waals surface area contributed by atoms with Gasteiger partial charge < -0.3 is 5.11 Å². The van der Waals surface area contributed by atoms with Gasteiger partial charge in [0.1, 0.15) is 6.10 Å². The van der Waals surface area contributed by atoms with E-state index in [1.54, 1.807) is 12.3 Å². The summed E-state index contributed by atoms with van der Waals surface area (Å²) >= 11 is 3.27. The smallest absolute Gasteiger partial charge is 0.167 e. The van der Waals surface area contributed by atoms with Crippen molar-refractivity contribution in [3.63, 3.8) is 0 Å². The highest BCUT2D eigenvalue weighted by atomic mass is 79.9. The van der Waals surface area contributed by atoms with Gasteiger partial charge in [0.2, 0.25) is 0 Å². The Morgan fingerprint density at radius 1 is 1.53 bits per heavy atom. The Kier molecular flexibility index (Phi) is 4.42. The van der Waals surface area contributed by atoms with Gasteiger partial charge >= 0.3 is 0 Å². The summed E-state index contributed by atoms with van der Waals surface area (Å²) in [5.41, 5.74) is 0.683. The Morgan fingerprint density at radius 3 is 2.67 bits per heavy atom. The van der Waals surface area contributed by atoms with Crippen molar-refractivity contribution < 1.29 is 9.90 Å². The lowest BCUT2D eigenvalue weighted by Crippen LogP contribution is -2.27. The molecule has 0 aliphatic heterocycles. The second-order valence-electron chi connectivity index (χ2n) is 3.80. The summed E-state index contributed by atoms with van der Waals surface area (Å²) in [6.45, 7) is 3.63. The van der Waals surface area contributed by atoms with Gasteiger partial charge in [0.25, 0.3) is 0 Å². The molecule has 0 fully saturated rings. The number of carbonyl (C=O) groups excluding carboxylic acids is 1. The van der Waals surface area contributed by atoms with E-state index in [0.717, 1.165) is 4.47 Å². The van der Waals surface area contributed by atoms with Crippen LogP contribution in [0.3, 0.4) is 0 Å². The number of aliphatic hydroxyl groups is 1. The quantitative estimate of drug-likeness (QED) is 0.911. The summed E-state index contributed by atoms with van der Waals surface area (Å²) in [5, 5.41) is 9.52. The molecule has 0 saturated heterocycles. The highest BCUT2D eigenvalue weighted by molar-refractivity contribution is 9.10. The summed E-state index contributed by atoms with van der Waals surface area (Å²) in [6.07, 6.45) is 0.937. The molecule has 0 saturated carbocycles. The van der Waals surface area contributed by atoms with Gasteiger partial charge in [-0.2, -0.15) is 0 Å². The van der Waals surface area contributed by atoms with Crippen molar-refractivity contribution in [1.29, 1.82) is 0 Å². The summed E-state index contributed by atoms with van der Waals surface area (Å²) in [4.78, 5) is 15.6. The number of nitrogens with zero attached hydrogens (tertiary/aromatic N) is 1. The molecular weight excluding hydrogens is 258 g/mol. The monoisotopic (exact) mass is 271 g/mol. The molecule has 0 spiro atoms. The number of pyridine rings is 1.